The number of likely N-dealkylation sites (tertiary alicyclic amines) is 1. The number of nitrogens with zero attached hydrogens (tertiary/aromatic N) is 3. The van der Waals surface area contributed by atoms with Crippen LogP contribution in [0.4, 0.5) is 15.9 Å². The summed E-state index contributed by atoms with van der Waals surface area (Å²) in [5.74, 6) is -21.5. The van der Waals surface area contributed by atoms with E-state index in [0.717, 1.165) is 6.33 Å². The lowest BCUT2D eigenvalue weighted by Gasteiger charge is -2.60. The van der Waals surface area contributed by atoms with Gasteiger partial charge in [0.25, 0.3) is 11.8 Å². The number of aliphatic hydroxyl groups is 11. The molecule has 0 aliphatic carbocycles. The van der Waals surface area contributed by atoms with E-state index in [1.165, 1.54) is 31.4 Å². The molecule has 3 aromatic rings. The molecule has 4 rings (SSSR count). The molecular formula is C22H24BrFN4O13. The first-order chi connectivity index (χ1) is 18.8. The molecule has 1 aliphatic heterocycles. The third kappa shape index (κ3) is 5.06. The van der Waals surface area contributed by atoms with Crippen molar-refractivity contribution in [3.05, 3.63) is 46.9 Å². The normalized spacial score (nSPS) is 20.1. The summed E-state index contributed by atoms with van der Waals surface area (Å²) >= 11 is 3.15. The zero-order valence-corrected chi connectivity index (χ0v) is 22.2. The molecule has 2 aromatic carbocycles. The molecule has 1 saturated heterocycles. The molecule has 12 N–H and O–H groups in total. The Morgan fingerprint density at radius 1 is 0.951 bits per heavy atom. The highest BCUT2D eigenvalue weighted by atomic mass is 79.9. The van der Waals surface area contributed by atoms with E-state index in [4.69, 9.17) is 9.47 Å². The molecule has 0 unspecified atom stereocenters. The van der Waals surface area contributed by atoms with Crippen LogP contribution in [0.3, 0.4) is 0 Å². The Bertz CT molecular complexity index is 1440. The smallest absolute Gasteiger partial charge is 0.354 e. The van der Waals surface area contributed by atoms with E-state index in [-0.39, 0.29) is 33.9 Å². The van der Waals surface area contributed by atoms with Gasteiger partial charge in [-0.3, -0.25) is 0 Å². The first kappa shape index (κ1) is 31.1. The topological polar surface area (TPSA) is 282 Å². The molecule has 19 heteroatoms. The van der Waals surface area contributed by atoms with Crippen molar-refractivity contribution in [2.45, 2.75) is 29.5 Å². The van der Waals surface area contributed by atoms with Crippen LogP contribution in [0.2, 0.25) is 0 Å². The van der Waals surface area contributed by atoms with Crippen LogP contribution in [-0.4, -0.2) is 114 Å². The van der Waals surface area contributed by atoms with Crippen molar-refractivity contribution in [1.82, 2.24) is 14.9 Å². The maximum Gasteiger partial charge on any atom is 0.354 e. The van der Waals surface area contributed by atoms with Gasteiger partial charge in [-0.05, 0) is 24.3 Å². The van der Waals surface area contributed by atoms with Crippen LogP contribution in [0.25, 0.3) is 10.9 Å². The zero-order chi connectivity index (χ0) is 30.8. The van der Waals surface area contributed by atoms with E-state index in [2.05, 4.69) is 31.2 Å². The largest absolute Gasteiger partial charge is 0.493 e. The average Bonchev–Trinajstić information content (AvgIpc) is 2.83. The van der Waals surface area contributed by atoms with Crippen LogP contribution in [-0.2, 0) is 0 Å². The van der Waals surface area contributed by atoms with Gasteiger partial charge in [0.1, 0.15) is 30.5 Å². The molecule has 0 bridgehead atoms. The number of anilines is 2. The monoisotopic (exact) mass is 650 g/mol. The Kier molecular flexibility index (Phi) is 7.67. The summed E-state index contributed by atoms with van der Waals surface area (Å²) in [7, 11) is 1.19. The Labute approximate surface area is 236 Å². The Morgan fingerprint density at radius 3 is 2.10 bits per heavy atom. The van der Waals surface area contributed by atoms with Crippen LogP contribution in [0.5, 0.6) is 11.5 Å². The Hall–Kier alpha value is -2.89. The SMILES string of the molecule is COc1cc2c(Nc3ccc(Br)cc3F)ncnc2cc1OCC1C(O)(O)C(O)(O)N(C(O)(O)O)C(O)(O)C1(O)O. The number of hydrogen-bond donors (Lipinski definition) is 12. The van der Waals surface area contributed by atoms with E-state index in [1.54, 1.807) is 6.07 Å². The number of halogens is 2. The molecule has 1 fully saturated rings. The quantitative estimate of drug-likeness (QED) is 0.112. The number of nitrogens with one attached hydrogen (secondary N) is 1. The van der Waals surface area contributed by atoms with Gasteiger partial charge >= 0.3 is 6.10 Å². The summed E-state index contributed by atoms with van der Waals surface area (Å²) in [5, 5.41) is 114. The standard InChI is InChI=1S/C22H24BrFN4O13/c1-40-14-5-10-13(25-8-26-17(10)27-12-3-2-9(23)4-11(12)24)6-15(14)41-7-16-18(29,30)20(33,34)28(22(37,38)39)21(35,36)19(16,31)32/h2-6,8,16,29-39H,7H2,1H3,(H,25,26,27). The Balaban J connectivity index is 1.71. The van der Waals surface area contributed by atoms with Gasteiger partial charge in [0.15, 0.2) is 11.5 Å². The van der Waals surface area contributed by atoms with Gasteiger partial charge in [0.05, 0.1) is 18.3 Å². The van der Waals surface area contributed by atoms with Crippen molar-refractivity contribution in [1.29, 1.82) is 0 Å². The third-order valence-electron chi connectivity index (χ3n) is 6.39. The molecular weight excluding hydrogens is 627 g/mol. The molecule has 1 aliphatic rings. The number of benzene rings is 2. The number of piperidine rings is 1. The maximum atomic E-state index is 14.4. The van der Waals surface area contributed by atoms with Crippen molar-refractivity contribution < 1.29 is 70.0 Å². The lowest BCUT2D eigenvalue weighted by atomic mass is 9.79. The van der Waals surface area contributed by atoms with Crippen molar-refractivity contribution in [2.75, 3.05) is 19.0 Å². The molecule has 0 atom stereocenters. The highest BCUT2D eigenvalue weighted by Crippen LogP contribution is 2.49. The first-order valence-electron chi connectivity index (χ1n) is 11.2. The molecule has 0 saturated carbocycles. The van der Waals surface area contributed by atoms with Crippen molar-refractivity contribution in [2.24, 2.45) is 5.92 Å². The molecule has 2 heterocycles. The zero-order valence-electron chi connectivity index (χ0n) is 20.6. The summed E-state index contributed by atoms with van der Waals surface area (Å²) in [4.78, 5) is 6.73. The molecule has 0 amide bonds. The molecule has 41 heavy (non-hydrogen) atoms. The van der Waals surface area contributed by atoms with Crippen LogP contribution in [0.15, 0.2) is 41.1 Å². The molecule has 224 valence electrons. The van der Waals surface area contributed by atoms with E-state index < -0.39 is 52.7 Å². The predicted molar refractivity (Wildman–Crippen MR) is 132 cm³/mol. The van der Waals surface area contributed by atoms with Gasteiger partial charge in [0.2, 0.25) is 11.6 Å². The molecule has 17 nitrogen and oxygen atoms in total. The van der Waals surface area contributed by atoms with Gasteiger partial charge in [0, 0.05) is 15.9 Å². The van der Waals surface area contributed by atoms with E-state index in [9.17, 15) is 60.6 Å². The second kappa shape index (κ2) is 10.1. The second-order valence-corrected chi connectivity index (χ2v) is 9.93. The van der Waals surface area contributed by atoms with E-state index in [0.29, 0.717) is 4.47 Å². The number of ether oxygens (including phenoxy) is 2. The summed E-state index contributed by atoms with van der Waals surface area (Å²) in [5.41, 5.74) is 0.195. The summed E-state index contributed by atoms with van der Waals surface area (Å²) < 4.78 is 25.5. The fraction of sp³-hybridized carbons (Fsp3) is 0.364. The predicted octanol–water partition coefficient (Wildman–Crippen LogP) is -3.18. The first-order valence-corrected chi connectivity index (χ1v) is 12.0. The number of fused-ring (bicyclic) bond motifs is 1. The minimum absolute atomic E-state index is 0.0638. The maximum absolute atomic E-state index is 14.4. The summed E-state index contributed by atoms with van der Waals surface area (Å²) in [6, 6.07) is 6.75. The van der Waals surface area contributed by atoms with Gasteiger partial charge in [-0.1, -0.05) is 15.9 Å². The summed E-state index contributed by atoms with van der Waals surface area (Å²) in [6.07, 6.45) is -3.55. The third-order valence-corrected chi connectivity index (χ3v) is 6.89. The minimum Gasteiger partial charge on any atom is -0.493 e. The van der Waals surface area contributed by atoms with E-state index in [1.807, 2.05) is 0 Å². The fourth-order valence-electron chi connectivity index (χ4n) is 4.27. The van der Waals surface area contributed by atoms with Crippen molar-refractivity contribution >= 4 is 38.3 Å². The lowest BCUT2D eigenvalue weighted by molar-refractivity contribution is -0.627. The van der Waals surface area contributed by atoms with Crippen molar-refractivity contribution in [3.63, 3.8) is 0 Å². The molecule has 1 aromatic heterocycles. The highest BCUT2D eigenvalue weighted by molar-refractivity contribution is 9.10. The minimum atomic E-state index is -4.65. The number of rotatable bonds is 7. The van der Waals surface area contributed by atoms with Gasteiger partial charge < -0.3 is 71.0 Å². The Morgan fingerprint density at radius 2 is 1.56 bits per heavy atom. The van der Waals surface area contributed by atoms with Crippen LogP contribution < -0.4 is 14.8 Å². The van der Waals surface area contributed by atoms with Gasteiger partial charge in [-0.15, -0.1) is 4.90 Å². The fourth-order valence-corrected chi connectivity index (χ4v) is 4.61. The second-order valence-electron chi connectivity index (χ2n) is 9.01. The van der Waals surface area contributed by atoms with Crippen LogP contribution in [0.1, 0.15) is 0 Å². The average molecular weight is 651 g/mol. The number of aromatic nitrogens is 2. The van der Waals surface area contributed by atoms with Gasteiger partial charge in [-0.2, -0.15) is 0 Å². The van der Waals surface area contributed by atoms with Crippen LogP contribution >= 0.6 is 15.9 Å². The van der Waals surface area contributed by atoms with Crippen molar-refractivity contribution in [3.8, 4) is 11.5 Å². The highest BCUT2D eigenvalue weighted by Gasteiger charge is 2.81. The number of methoxy groups -OCH3 is 1. The van der Waals surface area contributed by atoms with Crippen LogP contribution in [0, 0.1) is 11.7 Å². The van der Waals surface area contributed by atoms with E-state index >= 15 is 0 Å². The number of hydrogen-bond acceptors (Lipinski definition) is 17. The summed E-state index contributed by atoms with van der Waals surface area (Å²) in [6.45, 7) is -1.36. The molecule has 0 radical (unpaired) electrons. The molecule has 0 spiro atoms. The lowest BCUT2D eigenvalue weighted by Crippen LogP contribution is -2.90. The van der Waals surface area contributed by atoms with Gasteiger partial charge in [-0.25, -0.2) is 14.4 Å².